The number of carbonyl (C=O) groups excluding carboxylic acids is 1. The Morgan fingerprint density at radius 1 is 1.35 bits per heavy atom. The summed E-state index contributed by atoms with van der Waals surface area (Å²) in [6.45, 7) is -0.109. The molecule has 0 bridgehead atoms. The van der Waals surface area contributed by atoms with Crippen LogP contribution in [-0.4, -0.2) is 25.8 Å². The number of rotatable bonds is 4. The Morgan fingerprint density at radius 2 is 2.10 bits per heavy atom. The first-order chi connectivity index (χ1) is 9.35. The first-order valence-corrected chi connectivity index (χ1v) is 8.09. The number of halogens is 2. The summed E-state index contributed by atoms with van der Waals surface area (Å²) in [6.07, 6.45) is 0.570. The molecule has 110 valence electrons. The Kier molecular flexibility index (Phi) is 4.37. The van der Waals surface area contributed by atoms with Crippen molar-refractivity contribution in [1.29, 1.82) is 0 Å². The highest BCUT2D eigenvalue weighted by atomic mass is 32.2. The van der Waals surface area contributed by atoms with Gasteiger partial charge in [-0.3, -0.25) is 4.79 Å². The fraction of sp³-hybridized carbons (Fsp3) is 0.462. The quantitative estimate of drug-likeness (QED) is 0.914. The van der Waals surface area contributed by atoms with Crippen LogP contribution < -0.4 is 5.32 Å². The molecule has 20 heavy (non-hydrogen) atoms. The van der Waals surface area contributed by atoms with E-state index in [2.05, 4.69) is 5.32 Å². The summed E-state index contributed by atoms with van der Waals surface area (Å²) in [5.41, 5.74) is 0.0670. The predicted molar refractivity (Wildman–Crippen MR) is 69.6 cm³/mol. The van der Waals surface area contributed by atoms with Gasteiger partial charge in [-0.1, -0.05) is 0 Å². The Labute approximate surface area is 116 Å². The van der Waals surface area contributed by atoms with Crippen LogP contribution >= 0.6 is 0 Å². The summed E-state index contributed by atoms with van der Waals surface area (Å²) in [4.78, 5) is 11.7. The van der Waals surface area contributed by atoms with Crippen LogP contribution in [0.1, 0.15) is 18.4 Å². The molecule has 1 amide bonds. The molecule has 1 saturated heterocycles. The second kappa shape index (κ2) is 5.87. The maximum absolute atomic E-state index is 13.3. The van der Waals surface area contributed by atoms with E-state index in [0.29, 0.717) is 6.42 Å². The molecule has 1 fully saturated rings. The van der Waals surface area contributed by atoms with E-state index in [1.54, 1.807) is 0 Å². The summed E-state index contributed by atoms with van der Waals surface area (Å²) >= 11 is 0. The van der Waals surface area contributed by atoms with Crippen molar-refractivity contribution in [3.63, 3.8) is 0 Å². The van der Waals surface area contributed by atoms with Gasteiger partial charge >= 0.3 is 0 Å². The maximum atomic E-state index is 13.3. The van der Waals surface area contributed by atoms with Crippen molar-refractivity contribution in [2.45, 2.75) is 19.4 Å². The highest BCUT2D eigenvalue weighted by Crippen LogP contribution is 2.21. The summed E-state index contributed by atoms with van der Waals surface area (Å²) in [5, 5.41) is 2.48. The molecular formula is C13H15F2NO3S. The average Bonchev–Trinajstić information content (AvgIpc) is 2.70. The molecule has 1 atom stereocenters. The van der Waals surface area contributed by atoms with E-state index < -0.39 is 21.5 Å². The van der Waals surface area contributed by atoms with Crippen molar-refractivity contribution >= 4 is 15.7 Å². The van der Waals surface area contributed by atoms with Crippen molar-refractivity contribution in [2.75, 3.05) is 11.5 Å². The number of benzene rings is 1. The third-order valence-electron chi connectivity index (χ3n) is 3.28. The molecule has 0 saturated carbocycles. The van der Waals surface area contributed by atoms with E-state index in [1.165, 1.54) is 0 Å². The first-order valence-electron chi connectivity index (χ1n) is 6.27. The molecule has 1 aromatic rings. The largest absolute Gasteiger partial charge is 0.352 e. The smallest absolute Gasteiger partial charge is 0.220 e. The van der Waals surface area contributed by atoms with Crippen LogP contribution in [-0.2, 0) is 21.2 Å². The number of hydrogen-bond acceptors (Lipinski definition) is 3. The number of nitrogens with one attached hydrogen (secondary N) is 1. The molecule has 1 N–H and O–H groups in total. The van der Waals surface area contributed by atoms with Crippen molar-refractivity contribution in [1.82, 2.24) is 5.32 Å². The minimum Gasteiger partial charge on any atom is -0.352 e. The Morgan fingerprint density at radius 3 is 2.75 bits per heavy atom. The topological polar surface area (TPSA) is 63.2 Å². The Hall–Kier alpha value is -1.50. The summed E-state index contributed by atoms with van der Waals surface area (Å²) in [5.74, 6) is -1.56. The van der Waals surface area contributed by atoms with Gasteiger partial charge in [-0.2, -0.15) is 0 Å². The molecular weight excluding hydrogens is 288 g/mol. The van der Waals surface area contributed by atoms with Gasteiger partial charge in [0.05, 0.1) is 11.5 Å². The van der Waals surface area contributed by atoms with E-state index >= 15 is 0 Å². The Balaban J connectivity index is 1.85. The van der Waals surface area contributed by atoms with Gasteiger partial charge in [0.2, 0.25) is 5.91 Å². The zero-order chi connectivity index (χ0) is 14.8. The average molecular weight is 303 g/mol. The van der Waals surface area contributed by atoms with Crippen LogP contribution in [0.3, 0.4) is 0 Å². The van der Waals surface area contributed by atoms with Gasteiger partial charge < -0.3 is 5.32 Å². The van der Waals surface area contributed by atoms with Crippen LogP contribution in [0.2, 0.25) is 0 Å². The molecule has 1 aromatic carbocycles. The molecule has 1 heterocycles. The van der Waals surface area contributed by atoms with Crippen LogP contribution in [0, 0.1) is 17.6 Å². The van der Waals surface area contributed by atoms with Crippen molar-refractivity contribution in [3.8, 4) is 0 Å². The second-order valence-corrected chi connectivity index (χ2v) is 7.21. The van der Waals surface area contributed by atoms with E-state index in [-0.39, 0.29) is 41.9 Å². The van der Waals surface area contributed by atoms with E-state index in [1.807, 2.05) is 0 Å². The van der Waals surface area contributed by atoms with Gasteiger partial charge in [-0.25, -0.2) is 17.2 Å². The van der Waals surface area contributed by atoms with Crippen molar-refractivity contribution in [3.05, 3.63) is 35.4 Å². The highest BCUT2D eigenvalue weighted by Gasteiger charge is 2.29. The lowest BCUT2D eigenvalue weighted by atomic mass is 10.0. The van der Waals surface area contributed by atoms with Crippen LogP contribution in [0.4, 0.5) is 8.78 Å². The summed E-state index contributed by atoms with van der Waals surface area (Å²) in [6, 6.07) is 3.03. The molecule has 0 unspecified atom stereocenters. The molecule has 0 aliphatic carbocycles. The van der Waals surface area contributed by atoms with Crippen LogP contribution in [0.5, 0.6) is 0 Å². The molecule has 4 nitrogen and oxygen atoms in total. The Bertz CT molecular complexity index is 616. The minimum absolute atomic E-state index is 0.0226. The van der Waals surface area contributed by atoms with Gasteiger partial charge in [-0.15, -0.1) is 0 Å². The van der Waals surface area contributed by atoms with Crippen molar-refractivity contribution < 1.29 is 22.0 Å². The fourth-order valence-corrected chi connectivity index (χ4v) is 4.10. The van der Waals surface area contributed by atoms with Gasteiger partial charge in [0.25, 0.3) is 0 Å². The number of hydrogen-bond donors (Lipinski definition) is 1. The third kappa shape index (κ3) is 4.00. The number of sulfone groups is 1. The maximum Gasteiger partial charge on any atom is 0.220 e. The van der Waals surface area contributed by atoms with Crippen LogP contribution in [0.25, 0.3) is 0 Å². The van der Waals surface area contributed by atoms with Gasteiger partial charge in [0, 0.05) is 18.5 Å². The number of carbonyl (C=O) groups is 1. The van der Waals surface area contributed by atoms with Gasteiger partial charge in [0.1, 0.15) is 11.6 Å². The lowest BCUT2D eigenvalue weighted by Gasteiger charge is -2.09. The molecule has 0 spiro atoms. The van der Waals surface area contributed by atoms with E-state index in [4.69, 9.17) is 0 Å². The standard InChI is InChI=1S/C13H15F2NO3S/c14-11-1-2-12(15)10(6-11)7-16-13(17)5-9-3-4-20(18,19)8-9/h1-2,6,9H,3-5,7-8H2,(H,16,17)/t9-/m0/s1. The number of amides is 1. The van der Waals surface area contributed by atoms with Gasteiger partial charge in [0.15, 0.2) is 9.84 Å². The summed E-state index contributed by atoms with van der Waals surface area (Å²) < 4.78 is 48.8. The van der Waals surface area contributed by atoms with E-state index in [0.717, 1.165) is 18.2 Å². The molecule has 2 rings (SSSR count). The molecule has 1 aliphatic rings. The third-order valence-corrected chi connectivity index (χ3v) is 5.12. The summed E-state index contributed by atoms with van der Waals surface area (Å²) in [7, 11) is -3.01. The normalized spacial score (nSPS) is 20.8. The van der Waals surface area contributed by atoms with Crippen LogP contribution in [0.15, 0.2) is 18.2 Å². The molecule has 0 radical (unpaired) electrons. The molecule has 7 heteroatoms. The lowest BCUT2D eigenvalue weighted by molar-refractivity contribution is -0.122. The second-order valence-electron chi connectivity index (χ2n) is 4.99. The molecule has 0 aromatic heterocycles. The minimum atomic E-state index is -3.01. The SMILES string of the molecule is O=C(C[C@@H]1CCS(=O)(=O)C1)NCc1cc(F)ccc1F. The zero-order valence-corrected chi connectivity index (χ0v) is 11.6. The predicted octanol–water partition coefficient (Wildman–Crippen LogP) is 1.41. The lowest BCUT2D eigenvalue weighted by Crippen LogP contribution is -2.26. The first kappa shape index (κ1) is 14.9. The fourth-order valence-electron chi connectivity index (χ4n) is 2.24. The molecule has 1 aliphatic heterocycles. The van der Waals surface area contributed by atoms with Gasteiger partial charge in [-0.05, 0) is 30.5 Å². The van der Waals surface area contributed by atoms with E-state index in [9.17, 15) is 22.0 Å². The highest BCUT2D eigenvalue weighted by molar-refractivity contribution is 7.91. The monoisotopic (exact) mass is 303 g/mol. The zero-order valence-electron chi connectivity index (χ0n) is 10.7. The van der Waals surface area contributed by atoms with Crippen molar-refractivity contribution in [2.24, 2.45) is 5.92 Å².